The van der Waals surface area contributed by atoms with E-state index in [1.807, 2.05) is 5.43 Å². The van der Waals surface area contributed by atoms with Gasteiger partial charge in [-0.25, -0.2) is 10.6 Å². The minimum atomic E-state index is -0.461. The molecule has 0 bridgehead atoms. The molecule has 0 saturated heterocycles. The number of nitrogens with two attached hydrogens (primary N) is 1. The fraction of sp³-hybridized carbons (Fsp3) is 0. The van der Waals surface area contributed by atoms with Crippen LogP contribution in [-0.4, -0.2) is 6.03 Å². The Kier molecular flexibility index (Phi) is 2.90. The second-order valence-electron chi connectivity index (χ2n) is 2.11. The molecule has 1 rings (SSSR count). The molecule has 0 aliphatic carbocycles. The molecule has 0 aliphatic rings. The average molecular weight is 186 g/mol. The average Bonchev–Trinajstić information content (AvgIpc) is 2.09. The highest BCUT2D eigenvalue weighted by atomic mass is 35.5. The molecule has 0 aromatic heterocycles. The minimum absolute atomic E-state index is 0.461. The van der Waals surface area contributed by atoms with Crippen molar-refractivity contribution in [3.05, 3.63) is 29.3 Å². The summed E-state index contributed by atoms with van der Waals surface area (Å²) in [6, 6.07) is 6.24. The van der Waals surface area contributed by atoms with Gasteiger partial charge in [-0.3, -0.25) is 5.43 Å². The number of carbonyl (C=O) groups excluding carboxylic acids is 1. The molecule has 4 nitrogen and oxygen atoms in total. The van der Waals surface area contributed by atoms with Crippen molar-refractivity contribution in [3.63, 3.8) is 0 Å². The number of hydrogen-bond acceptors (Lipinski definition) is 2. The van der Waals surface area contributed by atoms with Crippen LogP contribution in [0.4, 0.5) is 10.5 Å². The Morgan fingerprint density at radius 3 is 2.42 bits per heavy atom. The van der Waals surface area contributed by atoms with Crippen LogP contribution < -0.4 is 16.6 Å². The lowest BCUT2D eigenvalue weighted by atomic mass is 10.3. The molecule has 0 unspecified atom stereocenters. The van der Waals surface area contributed by atoms with Crippen molar-refractivity contribution in [2.75, 3.05) is 5.32 Å². The topological polar surface area (TPSA) is 67.1 Å². The van der Waals surface area contributed by atoms with Gasteiger partial charge >= 0.3 is 6.03 Å². The number of halogens is 1. The molecule has 64 valence electrons. The second-order valence-corrected chi connectivity index (χ2v) is 2.54. The largest absolute Gasteiger partial charge is 0.333 e. The van der Waals surface area contributed by atoms with Crippen LogP contribution in [0.3, 0.4) is 0 Å². The number of benzene rings is 1. The van der Waals surface area contributed by atoms with Gasteiger partial charge in [0.15, 0.2) is 0 Å². The molecule has 0 radical (unpaired) electrons. The van der Waals surface area contributed by atoms with Crippen molar-refractivity contribution in [1.82, 2.24) is 5.43 Å². The zero-order chi connectivity index (χ0) is 8.97. The van der Waals surface area contributed by atoms with Gasteiger partial charge in [0.05, 0.1) is 0 Å². The molecule has 0 aliphatic heterocycles. The molecular weight excluding hydrogens is 178 g/mol. The van der Waals surface area contributed by atoms with Crippen molar-refractivity contribution in [3.8, 4) is 0 Å². The third kappa shape index (κ3) is 2.41. The van der Waals surface area contributed by atoms with E-state index < -0.39 is 6.03 Å². The third-order valence-electron chi connectivity index (χ3n) is 1.23. The number of anilines is 1. The third-order valence-corrected chi connectivity index (χ3v) is 1.49. The van der Waals surface area contributed by atoms with Gasteiger partial charge in [0.25, 0.3) is 0 Å². The molecule has 4 N–H and O–H groups in total. The minimum Gasteiger partial charge on any atom is -0.307 e. The van der Waals surface area contributed by atoms with Crippen LogP contribution in [0, 0.1) is 0 Å². The molecule has 0 heterocycles. The molecule has 0 atom stereocenters. The lowest BCUT2D eigenvalue weighted by Crippen LogP contribution is -2.34. The predicted molar refractivity (Wildman–Crippen MR) is 47.8 cm³/mol. The molecule has 0 spiro atoms. The Hall–Kier alpha value is -1.26. The first-order valence-electron chi connectivity index (χ1n) is 3.25. The molecule has 0 saturated carbocycles. The van der Waals surface area contributed by atoms with Gasteiger partial charge in [0, 0.05) is 10.7 Å². The van der Waals surface area contributed by atoms with Gasteiger partial charge in [0.1, 0.15) is 0 Å². The molecule has 2 amide bonds. The number of nitrogens with one attached hydrogen (secondary N) is 2. The van der Waals surface area contributed by atoms with E-state index in [1.165, 1.54) is 0 Å². The summed E-state index contributed by atoms with van der Waals surface area (Å²) in [6.45, 7) is 0. The summed E-state index contributed by atoms with van der Waals surface area (Å²) in [5.74, 6) is 4.86. The zero-order valence-corrected chi connectivity index (χ0v) is 6.93. The fourth-order valence-corrected chi connectivity index (χ4v) is 0.826. The van der Waals surface area contributed by atoms with Crippen LogP contribution in [0.15, 0.2) is 24.3 Å². The van der Waals surface area contributed by atoms with Crippen molar-refractivity contribution in [1.29, 1.82) is 0 Å². The summed E-state index contributed by atoms with van der Waals surface area (Å²) in [5.41, 5.74) is 2.59. The summed E-state index contributed by atoms with van der Waals surface area (Å²) in [4.78, 5) is 10.7. The van der Waals surface area contributed by atoms with E-state index in [9.17, 15) is 4.79 Å². The Labute approximate surface area is 74.7 Å². The molecule has 0 fully saturated rings. The second kappa shape index (κ2) is 3.94. The quantitative estimate of drug-likeness (QED) is 0.351. The summed E-state index contributed by atoms with van der Waals surface area (Å²) in [7, 11) is 0. The van der Waals surface area contributed by atoms with Crippen LogP contribution in [0.5, 0.6) is 0 Å². The lowest BCUT2D eigenvalue weighted by Gasteiger charge is -2.02. The molecule has 1 aromatic carbocycles. The highest BCUT2D eigenvalue weighted by molar-refractivity contribution is 6.30. The monoisotopic (exact) mass is 185 g/mol. The maximum Gasteiger partial charge on any atom is 0.333 e. The fourth-order valence-electron chi connectivity index (χ4n) is 0.700. The Bertz CT molecular complexity index is 272. The van der Waals surface area contributed by atoms with Crippen LogP contribution in [-0.2, 0) is 0 Å². The number of hydrazine groups is 1. The summed E-state index contributed by atoms with van der Waals surface area (Å²) in [5, 5.41) is 3.10. The summed E-state index contributed by atoms with van der Waals surface area (Å²) >= 11 is 5.63. The number of amides is 2. The highest BCUT2D eigenvalue weighted by Gasteiger charge is 1.96. The number of carbonyl (C=O) groups is 1. The SMILES string of the molecule is NNC(=O)Nc1ccc(Cl)cc1. The smallest absolute Gasteiger partial charge is 0.307 e. The van der Waals surface area contributed by atoms with E-state index in [0.717, 1.165) is 0 Å². The van der Waals surface area contributed by atoms with E-state index in [0.29, 0.717) is 10.7 Å². The summed E-state index contributed by atoms with van der Waals surface area (Å²) < 4.78 is 0. The van der Waals surface area contributed by atoms with Gasteiger partial charge in [-0.05, 0) is 24.3 Å². The standard InChI is InChI=1S/C7H8ClN3O/c8-5-1-3-6(4-2-5)10-7(12)11-9/h1-4H,9H2,(H2,10,11,12). The van der Waals surface area contributed by atoms with E-state index in [2.05, 4.69) is 5.32 Å². The highest BCUT2D eigenvalue weighted by Crippen LogP contribution is 2.12. The first-order valence-corrected chi connectivity index (χ1v) is 3.63. The van der Waals surface area contributed by atoms with E-state index in [4.69, 9.17) is 17.4 Å². The Morgan fingerprint density at radius 1 is 1.33 bits per heavy atom. The van der Waals surface area contributed by atoms with Crippen molar-refractivity contribution in [2.24, 2.45) is 5.84 Å². The van der Waals surface area contributed by atoms with Crippen LogP contribution in [0.2, 0.25) is 5.02 Å². The van der Waals surface area contributed by atoms with E-state index in [1.54, 1.807) is 24.3 Å². The molecule has 12 heavy (non-hydrogen) atoms. The summed E-state index contributed by atoms with van der Waals surface area (Å²) in [6.07, 6.45) is 0. The first-order chi connectivity index (χ1) is 5.72. The van der Waals surface area contributed by atoms with E-state index in [-0.39, 0.29) is 0 Å². The van der Waals surface area contributed by atoms with Crippen LogP contribution >= 0.6 is 11.6 Å². The molecule has 5 heteroatoms. The van der Waals surface area contributed by atoms with Crippen LogP contribution in [0.25, 0.3) is 0 Å². The van der Waals surface area contributed by atoms with Crippen LogP contribution in [0.1, 0.15) is 0 Å². The zero-order valence-electron chi connectivity index (χ0n) is 6.17. The van der Waals surface area contributed by atoms with Crippen molar-refractivity contribution >= 4 is 23.3 Å². The van der Waals surface area contributed by atoms with Gasteiger partial charge in [-0.2, -0.15) is 0 Å². The van der Waals surface area contributed by atoms with E-state index >= 15 is 0 Å². The lowest BCUT2D eigenvalue weighted by molar-refractivity contribution is 0.252. The van der Waals surface area contributed by atoms with Gasteiger partial charge in [0.2, 0.25) is 0 Å². The first kappa shape index (κ1) is 8.83. The molecular formula is C7H8ClN3O. The Balaban J connectivity index is 2.64. The van der Waals surface area contributed by atoms with Crippen molar-refractivity contribution < 1.29 is 4.79 Å². The molecule has 1 aromatic rings. The normalized spacial score (nSPS) is 9.17. The number of hydrogen-bond donors (Lipinski definition) is 3. The maximum atomic E-state index is 10.7. The Morgan fingerprint density at radius 2 is 1.92 bits per heavy atom. The van der Waals surface area contributed by atoms with Crippen molar-refractivity contribution in [2.45, 2.75) is 0 Å². The maximum absolute atomic E-state index is 10.7. The van der Waals surface area contributed by atoms with Gasteiger partial charge in [-0.1, -0.05) is 11.6 Å². The number of urea groups is 1. The van der Waals surface area contributed by atoms with Gasteiger partial charge < -0.3 is 5.32 Å². The predicted octanol–water partition coefficient (Wildman–Crippen LogP) is 1.34. The number of rotatable bonds is 1. The van der Waals surface area contributed by atoms with Gasteiger partial charge in [-0.15, -0.1) is 0 Å².